The largest absolute Gasteiger partial charge is 0.306 e. The Balaban J connectivity index is 0.000000640. The molecule has 1 saturated heterocycles. The highest BCUT2D eigenvalue weighted by molar-refractivity contribution is 5.85. The van der Waals surface area contributed by atoms with E-state index in [2.05, 4.69) is 11.9 Å². The minimum Gasteiger partial charge on any atom is -0.306 e. The zero-order chi connectivity index (χ0) is 5.82. The van der Waals surface area contributed by atoms with Gasteiger partial charge in [0.15, 0.2) is 0 Å². The molecule has 1 aliphatic rings. The van der Waals surface area contributed by atoms with Crippen LogP contribution >= 0.6 is 12.4 Å². The minimum atomic E-state index is 0. The molecule has 0 atom stereocenters. The quantitative estimate of drug-likeness (QED) is 0.509. The average molecular weight is 150 g/mol. The van der Waals surface area contributed by atoms with Crippen LogP contribution in [-0.4, -0.2) is 25.0 Å². The molecule has 0 unspecified atom stereocenters. The molecular formula is C7H16ClN. The van der Waals surface area contributed by atoms with Crippen LogP contribution in [0.4, 0.5) is 0 Å². The number of rotatable bonds is 0. The fourth-order valence-corrected chi connectivity index (χ4v) is 1.23. The van der Waals surface area contributed by atoms with Crippen LogP contribution < -0.4 is 0 Å². The van der Waals surface area contributed by atoms with Gasteiger partial charge in [0.1, 0.15) is 0 Å². The monoisotopic (exact) mass is 149 g/mol. The van der Waals surface area contributed by atoms with Crippen molar-refractivity contribution in [3.8, 4) is 0 Å². The molecule has 1 aliphatic heterocycles. The van der Waals surface area contributed by atoms with Gasteiger partial charge >= 0.3 is 0 Å². The standard InChI is InChI=1S/C7H15N.ClH/c1-8-6-4-2-3-5-7-8;/h2-7H2,1H3;1H. The van der Waals surface area contributed by atoms with E-state index in [4.69, 9.17) is 0 Å². The predicted molar refractivity (Wildman–Crippen MR) is 43.2 cm³/mol. The van der Waals surface area contributed by atoms with Gasteiger partial charge in [-0.1, -0.05) is 12.8 Å². The van der Waals surface area contributed by atoms with Gasteiger partial charge in [0, 0.05) is 0 Å². The maximum atomic E-state index is 2.42. The molecule has 2 heteroatoms. The summed E-state index contributed by atoms with van der Waals surface area (Å²) in [6.07, 6.45) is 5.72. The van der Waals surface area contributed by atoms with Crippen molar-refractivity contribution in [2.45, 2.75) is 25.7 Å². The van der Waals surface area contributed by atoms with Crippen molar-refractivity contribution in [3.05, 3.63) is 0 Å². The molecule has 1 fully saturated rings. The maximum absolute atomic E-state index is 2.42. The third-order valence-electron chi connectivity index (χ3n) is 1.83. The van der Waals surface area contributed by atoms with E-state index in [0.717, 1.165) is 0 Å². The van der Waals surface area contributed by atoms with Crippen LogP contribution in [0, 0.1) is 0 Å². The van der Waals surface area contributed by atoms with Crippen molar-refractivity contribution in [3.63, 3.8) is 0 Å². The SMILES string of the molecule is CN1CCCCCC1.Cl. The van der Waals surface area contributed by atoms with E-state index >= 15 is 0 Å². The molecule has 0 aromatic heterocycles. The van der Waals surface area contributed by atoms with Crippen LogP contribution in [-0.2, 0) is 0 Å². The number of hydrogen-bond acceptors (Lipinski definition) is 1. The van der Waals surface area contributed by atoms with Gasteiger partial charge in [-0.05, 0) is 33.0 Å². The highest BCUT2D eigenvalue weighted by Gasteiger charge is 2.01. The first kappa shape index (κ1) is 9.25. The van der Waals surface area contributed by atoms with Crippen molar-refractivity contribution in [1.29, 1.82) is 0 Å². The molecule has 0 amide bonds. The van der Waals surface area contributed by atoms with Gasteiger partial charge in [-0.15, -0.1) is 12.4 Å². The zero-order valence-corrected chi connectivity index (χ0v) is 6.91. The predicted octanol–water partition coefficient (Wildman–Crippen LogP) is 1.91. The van der Waals surface area contributed by atoms with Crippen LogP contribution in [0.1, 0.15) is 25.7 Å². The summed E-state index contributed by atoms with van der Waals surface area (Å²) in [5.74, 6) is 0. The Morgan fingerprint density at radius 2 is 1.33 bits per heavy atom. The van der Waals surface area contributed by atoms with Crippen molar-refractivity contribution in [2.75, 3.05) is 20.1 Å². The normalized spacial score (nSPS) is 22.3. The summed E-state index contributed by atoms with van der Waals surface area (Å²) in [5, 5.41) is 0. The lowest BCUT2D eigenvalue weighted by atomic mass is 10.2. The third-order valence-corrected chi connectivity index (χ3v) is 1.83. The number of nitrogens with zero attached hydrogens (tertiary/aromatic N) is 1. The van der Waals surface area contributed by atoms with Gasteiger partial charge in [0.05, 0.1) is 0 Å². The van der Waals surface area contributed by atoms with E-state index in [1.807, 2.05) is 0 Å². The van der Waals surface area contributed by atoms with Crippen molar-refractivity contribution < 1.29 is 0 Å². The molecule has 0 saturated carbocycles. The van der Waals surface area contributed by atoms with Gasteiger partial charge in [-0.25, -0.2) is 0 Å². The lowest BCUT2D eigenvalue weighted by Gasteiger charge is -2.10. The molecular weight excluding hydrogens is 134 g/mol. The van der Waals surface area contributed by atoms with Gasteiger partial charge in [-0.3, -0.25) is 0 Å². The second-order valence-electron chi connectivity index (χ2n) is 2.72. The number of halogens is 1. The first-order valence-electron chi connectivity index (χ1n) is 3.58. The van der Waals surface area contributed by atoms with Gasteiger partial charge in [-0.2, -0.15) is 0 Å². The average Bonchev–Trinajstić information content (AvgIpc) is 1.94. The number of likely N-dealkylation sites (tertiary alicyclic amines) is 1. The summed E-state index contributed by atoms with van der Waals surface area (Å²) in [4.78, 5) is 2.42. The van der Waals surface area contributed by atoms with E-state index in [0.29, 0.717) is 0 Å². The molecule has 0 aliphatic carbocycles. The van der Waals surface area contributed by atoms with Gasteiger partial charge in [0.25, 0.3) is 0 Å². The molecule has 9 heavy (non-hydrogen) atoms. The molecule has 0 radical (unpaired) electrons. The number of hydrogen-bond donors (Lipinski definition) is 0. The Bertz CT molecular complexity index is 57.9. The summed E-state index contributed by atoms with van der Waals surface area (Å²) in [6.45, 7) is 2.64. The summed E-state index contributed by atoms with van der Waals surface area (Å²) in [7, 11) is 2.21. The first-order valence-corrected chi connectivity index (χ1v) is 3.58. The summed E-state index contributed by atoms with van der Waals surface area (Å²) in [5.41, 5.74) is 0. The molecule has 0 N–H and O–H groups in total. The van der Waals surface area contributed by atoms with E-state index < -0.39 is 0 Å². The topological polar surface area (TPSA) is 3.24 Å². The zero-order valence-electron chi connectivity index (χ0n) is 6.10. The van der Waals surface area contributed by atoms with E-state index in [-0.39, 0.29) is 12.4 Å². The minimum absolute atomic E-state index is 0. The molecule has 0 aromatic rings. The van der Waals surface area contributed by atoms with E-state index in [1.165, 1.54) is 38.8 Å². The fourth-order valence-electron chi connectivity index (χ4n) is 1.23. The Labute approximate surface area is 63.8 Å². The Morgan fingerprint density at radius 3 is 1.78 bits per heavy atom. The second kappa shape index (κ2) is 5.07. The van der Waals surface area contributed by atoms with Crippen LogP contribution in [0.15, 0.2) is 0 Å². The maximum Gasteiger partial charge on any atom is -0.00218 e. The molecule has 1 rings (SSSR count). The molecule has 1 heterocycles. The highest BCUT2D eigenvalue weighted by Crippen LogP contribution is 2.06. The van der Waals surface area contributed by atoms with E-state index in [1.54, 1.807) is 0 Å². The van der Waals surface area contributed by atoms with Crippen molar-refractivity contribution >= 4 is 12.4 Å². The summed E-state index contributed by atoms with van der Waals surface area (Å²) < 4.78 is 0. The van der Waals surface area contributed by atoms with Crippen LogP contribution in [0.5, 0.6) is 0 Å². The Kier molecular flexibility index (Phi) is 5.21. The lowest BCUT2D eigenvalue weighted by Crippen LogP contribution is -2.18. The smallest absolute Gasteiger partial charge is 0.00218 e. The second-order valence-corrected chi connectivity index (χ2v) is 2.72. The Hall–Kier alpha value is 0.250. The van der Waals surface area contributed by atoms with Gasteiger partial charge in [0.2, 0.25) is 0 Å². The van der Waals surface area contributed by atoms with Crippen LogP contribution in [0.3, 0.4) is 0 Å². The molecule has 0 spiro atoms. The summed E-state index contributed by atoms with van der Waals surface area (Å²) in [6, 6.07) is 0. The fraction of sp³-hybridized carbons (Fsp3) is 1.00. The van der Waals surface area contributed by atoms with Crippen molar-refractivity contribution in [2.24, 2.45) is 0 Å². The molecule has 56 valence electrons. The molecule has 0 bridgehead atoms. The Morgan fingerprint density at radius 1 is 0.889 bits per heavy atom. The van der Waals surface area contributed by atoms with Gasteiger partial charge < -0.3 is 4.90 Å². The highest BCUT2D eigenvalue weighted by atomic mass is 35.5. The molecule has 1 nitrogen and oxygen atoms in total. The third kappa shape index (κ3) is 3.77. The van der Waals surface area contributed by atoms with Crippen LogP contribution in [0.25, 0.3) is 0 Å². The first-order chi connectivity index (χ1) is 3.89. The summed E-state index contributed by atoms with van der Waals surface area (Å²) >= 11 is 0. The van der Waals surface area contributed by atoms with Crippen molar-refractivity contribution in [1.82, 2.24) is 4.90 Å². The van der Waals surface area contributed by atoms with Crippen LogP contribution in [0.2, 0.25) is 0 Å². The molecule has 0 aromatic carbocycles. The lowest BCUT2D eigenvalue weighted by molar-refractivity contribution is 0.349. The van der Waals surface area contributed by atoms with E-state index in [9.17, 15) is 0 Å².